The van der Waals surface area contributed by atoms with E-state index in [1.165, 1.54) is 14.2 Å². The first-order chi connectivity index (χ1) is 7.69. The summed E-state index contributed by atoms with van der Waals surface area (Å²) in [6, 6.07) is 5.11. The molecular formula is C11H10ClNO3. The van der Waals surface area contributed by atoms with Crippen molar-refractivity contribution in [1.29, 1.82) is 5.26 Å². The van der Waals surface area contributed by atoms with Crippen molar-refractivity contribution in [2.45, 2.75) is 5.88 Å². The molecule has 4 nitrogen and oxygen atoms in total. The fourth-order valence-corrected chi connectivity index (χ4v) is 1.58. The highest BCUT2D eigenvalue weighted by molar-refractivity contribution is 6.17. The van der Waals surface area contributed by atoms with Gasteiger partial charge in [-0.25, -0.2) is 4.79 Å². The largest absolute Gasteiger partial charge is 0.494 e. The summed E-state index contributed by atoms with van der Waals surface area (Å²) in [7, 11) is 2.65. The van der Waals surface area contributed by atoms with Gasteiger partial charge >= 0.3 is 5.97 Å². The number of hydrogen-bond donors (Lipinski definition) is 0. The summed E-state index contributed by atoms with van der Waals surface area (Å²) >= 11 is 5.71. The molecule has 0 bridgehead atoms. The summed E-state index contributed by atoms with van der Waals surface area (Å²) in [5.41, 5.74) is 1.06. The number of nitriles is 1. The van der Waals surface area contributed by atoms with E-state index in [4.69, 9.17) is 21.6 Å². The van der Waals surface area contributed by atoms with Crippen molar-refractivity contribution in [2.24, 2.45) is 0 Å². The van der Waals surface area contributed by atoms with E-state index in [2.05, 4.69) is 4.74 Å². The quantitative estimate of drug-likeness (QED) is 0.599. The van der Waals surface area contributed by atoms with Crippen molar-refractivity contribution in [1.82, 2.24) is 0 Å². The van der Waals surface area contributed by atoms with Gasteiger partial charge in [0.2, 0.25) is 0 Å². The zero-order valence-electron chi connectivity index (χ0n) is 8.91. The van der Waals surface area contributed by atoms with Crippen molar-refractivity contribution in [3.8, 4) is 11.8 Å². The van der Waals surface area contributed by atoms with Crippen LogP contribution in [-0.4, -0.2) is 20.2 Å². The minimum atomic E-state index is -0.565. The Labute approximate surface area is 98.3 Å². The van der Waals surface area contributed by atoms with Crippen LogP contribution in [0.25, 0.3) is 0 Å². The molecule has 0 saturated carbocycles. The molecular weight excluding hydrogens is 230 g/mol. The summed E-state index contributed by atoms with van der Waals surface area (Å²) in [5, 5.41) is 8.88. The van der Waals surface area contributed by atoms with Crippen molar-refractivity contribution in [3.63, 3.8) is 0 Å². The van der Waals surface area contributed by atoms with Gasteiger partial charge in [-0.05, 0) is 11.6 Å². The second-order valence-electron chi connectivity index (χ2n) is 2.92. The molecule has 1 rings (SSSR count). The number of carbonyl (C=O) groups is 1. The lowest BCUT2D eigenvalue weighted by Crippen LogP contribution is -2.08. The number of alkyl halides is 1. The molecule has 1 aromatic rings. The Balaban J connectivity index is 3.50. The van der Waals surface area contributed by atoms with E-state index in [-0.39, 0.29) is 22.8 Å². The lowest BCUT2D eigenvalue weighted by atomic mass is 10.0. The number of benzene rings is 1. The van der Waals surface area contributed by atoms with Crippen molar-refractivity contribution < 1.29 is 14.3 Å². The van der Waals surface area contributed by atoms with Gasteiger partial charge in [0, 0.05) is 5.88 Å². The summed E-state index contributed by atoms with van der Waals surface area (Å²) in [4.78, 5) is 11.6. The van der Waals surface area contributed by atoms with Gasteiger partial charge in [-0.2, -0.15) is 5.26 Å². The molecule has 0 spiro atoms. The van der Waals surface area contributed by atoms with Gasteiger partial charge in [-0.3, -0.25) is 0 Å². The number of esters is 1. The van der Waals surface area contributed by atoms with E-state index >= 15 is 0 Å². The molecule has 0 aliphatic heterocycles. The molecule has 0 heterocycles. The number of ether oxygens (including phenoxy) is 2. The van der Waals surface area contributed by atoms with E-state index in [1.54, 1.807) is 12.1 Å². The lowest BCUT2D eigenvalue weighted by Gasteiger charge is -2.11. The van der Waals surface area contributed by atoms with Crippen LogP contribution in [0.1, 0.15) is 21.5 Å². The molecule has 0 atom stereocenters. The maximum Gasteiger partial charge on any atom is 0.342 e. The molecule has 5 heteroatoms. The lowest BCUT2D eigenvalue weighted by molar-refractivity contribution is 0.0596. The highest BCUT2D eigenvalue weighted by Crippen LogP contribution is 2.28. The predicted octanol–water partition coefficient (Wildman–Crippen LogP) is 2.09. The van der Waals surface area contributed by atoms with Crippen LogP contribution in [0.3, 0.4) is 0 Å². The number of hydrogen-bond acceptors (Lipinski definition) is 4. The molecule has 0 aliphatic carbocycles. The Bertz CT molecular complexity index is 451. The first-order valence-corrected chi connectivity index (χ1v) is 4.97. The Kier molecular flexibility index (Phi) is 4.15. The SMILES string of the molecule is COC(=O)c1c(CCl)ccc(C#N)c1OC. The smallest absolute Gasteiger partial charge is 0.342 e. The van der Waals surface area contributed by atoms with Gasteiger partial charge in [0.1, 0.15) is 11.6 Å². The van der Waals surface area contributed by atoms with E-state index in [9.17, 15) is 4.79 Å². The molecule has 0 unspecified atom stereocenters. The van der Waals surface area contributed by atoms with Crippen LogP contribution in [0.15, 0.2) is 12.1 Å². The van der Waals surface area contributed by atoms with E-state index < -0.39 is 5.97 Å². The third kappa shape index (κ3) is 2.10. The van der Waals surface area contributed by atoms with Gasteiger partial charge in [0.25, 0.3) is 0 Å². The number of halogens is 1. The minimum Gasteiger partial charge on any atom is -0.494 e. The van der Waals surface area contributed by atoms with Crippen LogP contribution in [0.5, 0.6) is 5.75 Å². The molecule has 0 aromatic heterocycles. The van der Waals surface area contributed by atoms with Crippen molar-refractivity contribution in [3.05, 3.63) is 28.8 Å². The maximum atomic E-state index is 11.6. The number of rotatable bonds is 3. The van der Waals surface area contributed by atoms with Crippen molar-refractivity contribution in [2.75, 3.05) is 14.2 Å². The van der Waals surface area contributed by atoms with Crippen LogP contribution >= 0.6 is 11.6 Å². The van der Waals surface area contributed by atoms with Crippen molar-refractivity contribution >= 4 is 17.6 Å². The van der Waals surface area contributed by atoms with E-state index in [0.29, 0.717) is 5.56 Å². The highest BCUT2D eigenvalue weighted by atomic mass is 35.5. The fourth-order valence-electron chi connectivity index (χ4n) is 1.36. The van der Waals surface area contributed by atoms with Gasteiger partial charge in [-0.1, -0.05) is 6.07 Å². The maximum absolute atomic E-state index is 11.6. The van der Waals surface area contributed by atoms with E-state index in [1.807, 2.05) is 6.07 Å². The first-order valence-electron chi connectivity index (χ1n) is 4.43. The summed E-state index contributed by atoms with van der Waals surface area (Å²) in [6.45, 7) is 0. The predicted molar refractivity (Wildman–Crippen MR) is 58.6 cm³/mol. The van der Waals surface area contributed by atoms with Crippen LogP contribution in [-0.2, 0) is 10.6 Å². The Morgan fingerprint density at radius 1 is 1.50 bits per heavy atom. The van der Waals surface area contributed by atoms with Gasteiger partial charge in [0.15, 0.2) is 5.75 Å². The van der Waals surface area contributed by atoms with Crippen LogP contribution in [0, 0.1) is 11.3 Å². The molecule has 84 valence electrons. The molecule has 0 amide bonds. The fraction of sp³-hybridized carbons (Fsp3) is 0.273. The number of carbonyl (C=O) groups excluding carboxylic acids is 1. The van der Waals surface area contributed by atoms with Crippen LogP contribution in [0.4, 0.5) is 0 Å². The standard InChI is InChI=1S/C11H10ClNO3/c1-15-10-8(6-13)4-3-7(5-12)9(10)11(14)16-2/h3-4H,5H2,1-2H3. The Morgan fingerprint density at radius 3 is 2.62 bits per heavy atom. The Morgan fingerprint density at radius 2 is 2.19 bits per heavy atom. The summed E-state index contributed by atoms with van der Waals surface area (Å²) < 4.78 is 9.68. The molecule has 0 fully saturated rings. The monoisotopic (exact) mass is 239 g/mol. The molecule has 0 N–H and O–H groups in total. The zero-order valence-corrected chi connectivity index (χ0v) is 9.67. The molecule has 1 aromatic carbocycles. The van der Waals surface area contributed by atoms with E-state index in [0.717, 1.165) is 0 Å². The van der Waals surface area contributed by atoms with Crippen LogP contribution < -0.4 is 4.74 Å². The average molecular weight is 240 g/mol. The first kappa shape index (κ1) is 12.3. The van der Waals surface area contributed by atoms with Gasteiger partial charge < -0.3 is 9.47 Å². The molecule has 0 saturated heterocycles. The molecule has 0 radical (unpaired) electrons. The summed E-state index contributed by atoms with van der Waals surface area (Å²) in [5.74, 6) is -0.218. The zero-order chi connectivity index (χ0) is 12.1. The van der Waals surface area contributed by atoms with Gasteiger partial charge in [-0.15, -0.1) is 11.6 Å². The number of methoxy groups -OCH3 is 2. The van der Waals surface area contributed by atoms with Crippen LogP contribution in [0.2, 0.25) is 0 Å². The highest BCUT2D eigenvalue weighted by Gasteiger charge is 2.20. The third-order valence-electron chi connectivity index (χ3n) is 2.10. The minimum absolute atomic E-state index is 0.145. The normalized spacial score (nSPS) is 9.38. The molecule has 16 heavy (non-hydrogen) atoms. The second kappa shape index (κ2) is 5.38. The average Bonchev–Trinajstić information content (AvgIpc) is 2.35. The topological polar surface area (TPSA) is 59.3 Å². The third-order valence-corrected chi connectivity index (χ3v) is 2.39. The Hall–Kier alpha value is -1.73. The van der Waals surface area contributed by atoms with Gasteiger partial charge in [0.05, 0.1) is 19.8 Å². The second-order valence-corrected chi connectivity index (χ2v) is 3.18. The number of nitrogens with zero attached hydrogens (tertiary/aromatic N) is 1. The summed E-state index contributed by atoms with van der Waals surface area (Å²) in [6.07, 6.45) is 0. The molecule has 0 aliphatic rings.